The maximum absolute atomic E-state index is 11.7. The summed E-state index contributed by atoms with van der Waals surface area (Å²) in [6, 6.07) is 7.76. The topological polar surface area (TPSA) is 74.5 Å². The van der Waals surface area contributed by atoms with Gasteiger partial charge in [0.25, 0.3) is 0 Å². The second-order valence-corrected chi connectivity index (χ2v) is 6.43. The van der Waals surface area contributed by atoms with Crippen LogP contribution in [0.25, 0.3) is 10.9 Å². The number of pyridine rings is 1. The molecule has 7 nitrogen and oxygen atoms in total. The van der Waals surface area contributed by atoms with Crippen LogP contribution in [-0.2, 0) is 0 Å². The summed E-state index contributed by atoms with van der Waals surface area (Å²) in [5.74, 6) is 0. The molecule has 4 rings (SSSR count). The number of benzene rings is 1. The molecule has 0 bridgehead atoms. The molecule has 0 amide bonds. The summed E-state index contributed by atoms with van der Waals surface area (Å²) < 4.78 is 0. The average molecular weight is 327 g/mol. The van der Waals surface area contributed by atoms with Gasteiger partial charge in [-0.2, -0.15) is 0 Å². The van der Waals surface area contributed by atoms with Gasteiger partial charge in [0.05, 0.1) is 15.8 Å². The van der Waals surface area contributed by atoms with E-state index in [1.165, 1.54) is 0 Å². The molecule has 2 aliphatic rings. The van der Waals surface area contributed by atoms with E-state index in [0.29, 0.717) is 16.9 Å². The van der Waals surface area contributed by atoms with Gasteiger partial charge in [0.15, 0.2) is 0 Å². The third-order valence-corrected chi connectivity index (χ3v) is 5.09. The Labute approximate surface area is 140 Å². The van der Waals surface area contributed by atoms with Crippen LogP contribution in [-0.4, -0.2) is 60.1 Å². The van der Waals surface area contributed by atoms with Crippen molar-refractivity contribution in [3.8, 4) is 0 Å². The number of piperazine rings is 1. The predicted octanol–water partition coefficient (Wildman–Crippen LogP) is 1.63. The van der Waals surface area contributed by atoms with E-state index in [0.717, 1.165) is 51.4 Å². The van der Waals surface area contributed by atoms with Gasteiger partial charge in [0.1, 0.15) is 5.69 Å². The first kappa shape index (κ1) is 15.3. The van der Waals surface area contributed by atoms with E-state index in [-0.39, 0.29) is 10.6 Å². The maximum atomic E-state index is 11.7. The summed E-state index contributed by atoms with van der Waals surface area (Å²) in [7, 11) is 0. The van der Waals surface area contributed by atoms with Crippen molar-refractivity contribution in [1.82, 2.24) is 15.2 Å². The number of hydrogen-bond donors (Lipinski definition) is 1. The van der Waals surface area contributed by atoms with E-state index < -0.39 is 0 Å². The lowest BCUT2D eigenvalue weighted by atomic mass is 10.1. The van der Waals surface area contributed by atoms with Gasteiger partial charge in [0, 0.05) is 51.5 Å². The van der Waals surface area contributed by atoms with Crippen molar-refractivity contribution >= 4 is 22.3 Å². The molecule has 1 aromatic carbocycles. The molecule has 0 aliphatic carbocycles. The zero-order chi connectivity index (χ0) is 16.5. The Morgan fingerprint density at radius 2 is 2.04 bits per heavy atom. The molecule has 1 unspecified atom stereocenters. The van der Waals surface area contributed by atoms with Crippen LogP contribution in [0.3, 0.4) is 0 Å². The van der Waals surface area contributed by atoms with Crippen LogP contribution in [0.5, 0.6) is 0 Å². The van der Waals surface area contributed by atoms with Gasteiger partial charge in [0.2, 0.25) is 0 Å². The Bertz CT molecular complexity index is 760. The average Bonchev–Trinajstić information content (AvgIpc) is 3.11. The normalized spacial score (nSPS) is 22.2. The molecule has 2 aromatic rings. The minimum Gasteiger partial charge on any atom is -0.364 e. The van der Waals surface area contributed by atoms with Gasteiger partial charge in [-0.3, -0.25) is 20.0 Å². The van der Waals surface area contributed by atoms with Crippen molar-refractivity contribution in [1.29, 1.82) is 0 Å². The number of nitrogens with zero attached hydrogens (tertiary/aromatic N) is 4. The molecule has 0 radical (unpaired) electrons. The van der Waals surface area contributed by atoms with Gasteiger partial charge >= 0.3 is 5.69 Å². The number of aromatic nitrogens is 1. The zero-order valence-electron chi connectivity index (χ0n) is 13.5. The van der Waals surface area contributed by atoms with Crippen LogP contribution in [0.1, 0.15) is 6.42 Å². The third kappa shape index (κ3) is 2.70. The molecule has 1 aromatic heterocycles. The molecule has 3 heterocycles. The Hall–Kier alpha value is -2.25. The van der Waals surface area contributed by atoms with Crippen molar-refractivity contribution in [3.63, 3.8) is 0 Å². The zero-order valence-corrected chi connectivity index (χ0v) is 13.5. The molecule has 1 N–H and O–H groups in total. The van der Waals surface area contributed by atoms with E-state index in [1.807, 2.05) is 12.1 Å². The van der Waals surface area contributed by atoms with Gasteiger partial charge in [-0.25, -0.2) is 0 Å². The van der Waals surface area contributed by atoms with Crippen LogP contribution in [0.15, 0.2) is 30.5 Å². The smallest absolute Gasteiger partial charge is 0.301 e. The fourth-order valence-corrected chi connectivity index (χ4v) is 3.88. The molecule has 2 aliphatic heterocycles. The van der Waals surface area contributed by atoms with Crippen molar-refractivity contribution in [2.24, 2.45) is 0 Å². The number of anilines is 1. The van der Waals surface area contributed by atoms with E-state index in [9.17, 15) is 10.1 Å². The van der Waals surface area contributed by atoms with Crippen LogP contribution >= 0.6 is 0 Å². The van der Waals surface area contributed by atoms with Crippen molar-refractivity contribution in [2.45, 2.75) is 12.5 Å². The van der Waals surface area contributed by atoms with Crippen LogP contribution < -0.4 is 10.2 Å². The first-order chi connectivity index (χ1) is 11.7. The summed E-state index contributed by atoms with van der Waals surface area (Å²) >= 11 is 0. The van der Waals surface area contributed by atoms with Crippen molar-refractivity contribution in [3.05, 3.63) is 40.6 Å². The lowest BCUT2D eigenvalue weighted by Gasteiger charge is -2.32. The van der Waals surface area contributed by atoms with Gasteiger partial charge < -0.3 is 10.2 Å². The molecule has 2 fully saturated rings. The van der Waals surface area contributed by atoms with Gasteiger partial charge in [-0.05, 0) is 30.7 Å². The first-order valence-corrected chi connectivity index (χ1v) is 8.46. The Morgan fingerprint density at radius 1 is 1.21 bits per heavy atom. The highest BCUT2D eigenvalue weighted by Gasteiger charge is 2.32. The van der Waals surface area contributed by atoms with Crippen LogP contribution in [0.2, 0.25) is 0 Å². The molecule has 1 atom stereocenters. The standard InChI is InChI=1S/C17H21N5O2/c23-22(24)17-14-2-1-6-19-15(14)3-4-16(17)21-9-5-13(12-21)20-10-7-18-8-11-20/h1-4,6,13,18H,5,7-12H2. The van der Waals surface area contributed by atoms with Crippen molar-refractivity contribution in [2.75, 3.05) is 44.2 Å². The van der Waals surface area contributed by atoms with Gasteiger partial charge in [-0.1, -0.05) is 0 Å². The Kier molecular flexibility index (Phi) is 4.03. The van der Waals surface area contributed by atoms with Crippen LogP contribution in [0, 0.1) is 10.1 Å². The summed E-state index contributed by atoms with van der Waals surface area (Å²) in [5.41, 5.74) is 1.57. The predicted molar refractivity (Wildman–Crippen MR) is 93.5 cm³/mol. The highest BCUT2D eigenvalue weighted by Crippen LogP contribution is 2.37. The SMILES string of the molecule is O=[N+]([O-])c1c(N2CCC(N3CCNCC3)C2)ccc2ncccc12. The molecule has 24 heavy (non-hydrogen) atoms. The molecule has 2 saturated heterocycles. The van der Waals surface area contributed by atoms with Crippen LogP contribution in [0.4, 0.5) is 11.4 Å². The molecule has 126 valence electrons. The fraction of sp³-hybridized carbons (Fsp3) is 0.471. The number of nitrogens with one attached hydrogen (secondary N) is 1. The summed E-state index contributed by atoms with van der Waals surface area (Å²) in [6.07, 6.45) is 2.73. The highest BCUT2D eigenvalue weighted by atomic mass is 16.6. The largest absolute Gasteiger partial charge is 0.364 e. The second kappa shape index (κ2) is 6.33. The summed E-state index contributed by atoms with van der Waals surface area (Å²) in [6.45, 7) is 5.88. The quantitative estimate of drug-likeness (QED) is 0.682. The van der Waals surface area contributed by atoms with Crippen molar-refractivity contribution < 1.29 is 4.92 Å². The minimum absolute atomic E-state index is 0.182. The number of rotatable bonds is 3. The molecule has 7 heteroatoms. The Balaban J connectivity index is 1.64. The van der Waals surface area contributed by atoms with Gasteiger partial charge in [-0.15, -0.1) is 0 Å². The number of hydrogen-bond acceptors (Lipinski definition) is 6. The molecular formula is C17H21N5O2. The monoisotopic (exact) mass is 327 g/mol. The van der Waals surface area contributed by atoms with E-state index in [4.69, 9.17) is 0 Å². The molecule has 0 saturated carbocycles. The summed E-state index contributed by atoms with van der Waals surface area (Å²) in [5, 5.41) is 15.7. The second-order valence-electron chi connectivity index (χ2n) is 6.43. The number of nitro benzene ring substituents is 1. The number of nitro groups is 1. The summed E-state index contributed by atoms with van der Waals surface area (Å²) in [4.78, 5) is 20.4. The highest BCUT2D eigenvalue weighted by molar-refractivity contribution is 5.94. The van der Waals surface area contributed by atoms with E-state index >= 15 is 0 Å². The number of fused-ring (bicyclic) bond motifs is 1. The third-order valence-electron chi connectivity index (χ3n) is 5.09. The molecule has 0 spiro atoms. The fourth-order valence-electron chi connectivity index (χ4n) is 3.88. The Morgan fingerprint density at radius 3 is 2.83 bits per heavy atom. The lowest BCUT2D eigenvalue weighted by molar-refractivity contribution is -0.382. The maximum Gasteiger partial charge on any atom is 0.301 e. The molecular weight excluding hydrogens is 306 g/mol. The minimum atomic E-state index is -0.266. The van der Waals surface area contributed by atoms with E-state index in [2.05, 4.69) is 20.1 Å². The first-order valence-electron chi connectivity index (χ1n) is 8.46. The lowest BCUT2D eigenvalue weighted by Crippen LogP contribution is -2.49. The van der Waals surface area contributed by atoms with E-state index in [1.54, 1.807) is 18.3 Å².